The summed E-state index contributed by atoms with van der Waals surface area (Å²) in [5, 5.41) is 12.5. The Balaban J connectivity index is 1.89. The van der Waals surface area contributed by atoms with Crippen molar-refractivity contribution in [2.75, 3.05) is 7.11 Å². The van der Waals surface area contributed by atoms with Crippen molar-refractivity contribution in [3.63, 3.8) is 0 Å². The average Bonchev–Trinajstić information content (AvgIpc) is 3.15. The zero-order valence-corrected chi connectivity index (χ0v) is 11.1. The molecule has 1 N–H and O–H groups in total. The highest BCUT2D eigenvalue weighted by Gasteiger charge is 2.35. The molecule has 0 aromatic heterocycles. The van der Waals surface area contributed by atoms with E-state index < -0.39 is 0 Å². The van der Waals surface area contributed by atoms with Crippen molar-refractivity contribution >= 4 is 0 Å². The van der Waals surface area contributed by atoms with Crippen molar-refractivity contribution in [2.24, 2.45) is 5.92 Å². The summed E-state index contributed by atoms with van der Waals surface area (Å²) in [7, 11) is 1.60. The molecular formula is C15H20N2O. The number of benzene rings is 1. The second-order valence-corrected chi connectivity index (χ2v) is 4.92. The largest absolute Gasteiger partial charge is 0.495 e. The van der Waals surface area contributed by atoms with Gasteiger partial charge in [0.2, 0.25) is 0 Å². The SMILES string of the molecule is CCCC1CC1NCc1ccc(C#N)c(OC)c1. The van der Waals surface area contributed by atoms with Gasteiger partial charge in [-0.15, -0.1) is 0 Å². The highest BCUT2D eigenvalue weighted by atomic mass is 16.5. The molecule has 0 spiro atoms. The van der Waals surface area contributed by atoms with E-state index in [-0.39, 0.29) is 0 Å². The van der Waals surface area contributed by atoms with E-state index in [0.717, 1.165) is 12.5 Å². The van der Waals surface area contributed by atoms with Gasteiger partial charge in [-0.25, -0.2) is 0 Å². The predicted molar refractivity (Wildman–Crippen MR) is 71.4 cm³/mol. The predicted octanol–water partition coefficient (Wildman–Crippen LogP) is 2.85. The Bertz CT molecular complexity index is 450. The molecule has 0 heterocycles. The van der Waals surface area contributed by atoms with Crippen molar-refractivity contribution in [1.29, 1.82) is 5.26 Å². The topological polar surface area (TPSA) is 45.0 Å². The van der Waals surface area contributed by atoms with Crippen LogP contribution >= 0.6 is 0 Å². The van der Waals surface area contributed by atoms with Gasteiger partial charge in [-0.1, -0.05) is 19.4 Å². The fourth-order valence-electron chi connectivity index (χ4n) is 2.37. The molecule has 2 unspecified atom stereocenters. The van der Waals surface area contributed by atoms with E-state index in [1.807, 2.05) is 18.2 Å². The van der Waals surface area contributed by atoms with Gasteiger partial charge in [0.15, 0.2) is 0 Å². The standard InChI is InChI=1S/C15H20N2O/c1-3-4-12-8-14(12)17-10-11-5-6-13(9-16)15(7-11)18-2/h5-7,12,14,17H,3-4,8,10H2,1-2H3. The van der Waals surface area contributed by atoms with E-state index in [0.29, 0.717) is 17.4 Å². The van der Waals surface area contributed by atoms with Gasteiger partial charge in [-0.05, 0) is 36.5 Å². The number of hydrogen-bond donors (Lipinski definition) is 1. The van der Waals surface area contributed by atoms with Crippen LogP contribution in [0.2, 0.25) is 0 Å². The molecule has 1 aliphatic rings. The Labute approximate surface area is 109 Å². The normalized spacial score (nSPS) is 21.4. The van der Waals surface area contributed by atoms with Gasteiger partial charge in [0.1, 0.15) is 11.8 Å². The number of methoxy groups -OCH3 is 1. The molecule has 1 aromatic carbocycles. The van der Waals surface area contributed by atoms with E-state index in [2.05, 4.69) is 18.3 Å². The zero-order chi connectivity index (χ0) is 13.0. The number of nitriles is 1. The van der Waals surface area contributed by atoms with E-state index in [9.17, 15) is 0 Å². The number of ether oxygens (including phenoxy) is 1. The minimum atomic E-state index is 0.594. The van der Waals surface area contributed by atoms with Gasteiger partial charge in [-0.3, -0.25) is 0 Å². The molecule has 1 saturated carbocycles. The lowest BCUT2D eigenvalue weighted by molar-refractivity contribution is 0.412. The molecule has 3 nitrogen and oxygen atoms in total. The van der Waals surface area contributed by atoms with Crippen LogP contribution in [0.1, 0.15) is 37.3 Å². The fraction of sp³-hybridized carbons (Fsp3) is 0.533. The van der Waals surface area contributed by atoms with Gasteiger partial charge >= 0.3 is 0 Å². The van der Waals surface area contributed by atoms with E-state index >= 15 is 0 Å². The van der Waals surface area contributed by atoms with Crippen molar-refractivity contribution in [2.45, 2.75) is 38.8 Å². The summed E-state index contributed by atoms with van der Waals surface area (Å²) in [5.74, 6) is 1.54. The monoisotopic (exact) mass is 244 g/mol. The van der Waals surface area contributed by atoms with Crippen LogP contribution in [0.5, 0.6) is 5.75 Å². The van der Waals surface area contributed by atoms with Gasteiger partial charge in [0.25, 0.3) is 0 Å². The maximum Gasteiger partial charge on any atom is 0.136 e. The molecule has 0 radical (unpaired) electrons. The van der Waals surface area contributed by atoms with Crippen LogP contribution in [0, 0.1) is 17.2 Å². The summed E-state index contributed by atoms with van der Waals surface area (Å²) in [6, 6.07) is 8.58. The minimum Gasteiger partial charge on any atom is -0.495 e. The van der Waals surface area contributed by atoms with Gasteiger partial charge in [-0.2, -0.15) is 5.26 Å². The second-order valence-electron chi connectivity index (χ2n) is 4.92. The molecule has 96 valence electrons. The van der Waals surface area contributed by atoms with E-state index in [1.165, 1.54) is 24.8 Å². The lowest BCUT2D eigenvalue weighted by Gasteiger charge is -2.07. The maximum absolute atomic E-state index is 8.92. The van der Waals surface area contributed by atoms with Crippen molar-refractivity contribution in [3.05, 3.63) is 29.3 Å². The molecule has 1 fully saturated rings. The first-order chi connectivity index (χ1) is 8.78. The Morgan fingerprint density at radius 3 is 3.00 bits per heavy atom. The zero-order valence-electron chi connectivity index (χ0n) is 11.1. The van der Waals surface area contributed by atoms with Crippen molar-refractivity contribution in [3.8, 4) is 11.8 Å². The number of rotatable bonds is 6. The number of nitrogens with one attached hydrogen (secondary N) is 1. The first kappa shape index (κ1) is 12.9. The highest BCUT2D eigenvalue weighted by molar-refractivity contribution is 5.45. The summed E-state index contributed by atoms with van der Waals surface area (Å²) in [5.41, 5.74) is 1.77. The third-order valence-electron chi connectivity index (χ3n) is 3.54. The van der Waals surface area contributed by atoms with Crippen molar-refractivity contribution in [1.82, 2.24) is 5.32 Å². The third-order valence-corrected chi connectivity index (χ3v) is 3.54. The smallest absolute Gasteiger partial charge is 0.136 e. The molecular weight excluding hydrogens is 224 g/mol. The van der Waals surface area contributed by atoms with Crippen molar-refractivity contribution < 1.29 is 4.74 Å². The molecule has 2 atom stereocenters. The fourth-order valence-corrected chi connectivity index (χ4v) is 2.37. The van der Waals surface area contributed by atoms with Gasteiger partial charge in [0, 0.05) is 12.6 Å². The Morgan fingerprint density at radius 2 is 2.33 bits per heavy atom. The first-order valence-electron chi connectivity index (χ1n) is 6.58. The summed E-state index contributed by atoms with van der Waals surface area (Å²) in [6.45, 7) is 3.09. The highest BCUT2D eigenvalue weighted by Crippen LogP contribution is 2.34. The summed E-state index contributed by atoms with van der Waals surface area (Å²) in [4.78, 5) is 0. The molecule has 3 heteroatoms. The van der Waals surface area contributed by atoms with Crippen LogP contribution < -0.4 is 10.1 Å². The first-order valence-corrected chi connectivity index (χ1v) is 6.58. The van der Waals surface area contributed by atoms with E-state index in [1.54, 1.807) is 7.11 Å². The molecule has 0 saturated heterocycles. The van der Waals surface area contributed by atoms with Gasteiger partial charge in [0.05, 0.1) is 12.7 Å². The molecule has 0 aliphatic heterocycles. The molecule has 18 heavy (non-hydrogen) atoms. The molecule has 0 bridgehead atoms. The summed E-state index contributed by atoms with van der Waals surface area (Å²) >= 11 is 0. The minimum absolute atomic E-state index is 0.594. The Hall–Kier alpha value is -1.53. The van der Waals surface area contributed by atoms with Crippen LogP contribution in [0.25, 0.3) is 0 Å². The molecule has 1 aliphatic carbocycles. The molecule has 1 aromatic rings. The lowest BCUT2D eigenvalue weighted by Crippen LogP contribution is -2.17. The number of hydrogen-bond acceptors (Lipinski definition) is 3. The average molecular weight is 244 g/mol. The third kappa shape index (κ3) is 3.02. The van der Waals surface area contributed by atoms with Crippen LogP contribution in [-0.2, 0) is 6.54 Å². The number of nitrogens with zero attached hydrogens (tertiary/aromatic N) is 1. The van der Waals surface area contributed by atoms with E-state index in [4.69, 9.17) is 10.00 Å². The van der Waals surface area contributed by atoms with Crippen LogP contribution in [0.4, 0.5) is 0 Å². The second kappa shape index (κ2) is 5.88. The Kier molecular flexibility index (Phi) is 4.22. The molecule has 2 rings (SSSR count). The van der Waals surface area contributed by atoms with Crippen LogP contribution in [0.15, 0.2) is 18.2 Å². The van der Waals surface area contributed by atoms with Gasteiger partial charge < -0.3 is 10.1 Å². The molecule has 0 amide bonds. The summed E-state index contributed by atoms with van der Waals surface area (Å²) < 4.78 is 5.21. The Morgan fingerprint density at radius 1 is 1.50 bits per heavy atom. The maximum atomic E-state index is 8.92. The van der Waals surface area contributed by atoms with Crippen LogP contribution in [-0.4, -0.2) is 13.2 Å². The lowest BCUT2D eigenvalue weighted by atomic mass is 10.1. The van der Waals surface area contributed by atoms with Crippen LogP contribution in [0.3, 0.4) is 0 Å². The quantitative estimate of drug-likeness (QED) is 0.837. The summed E-state index contributed by atoms with van der Waals surface area (Å²) in [6.07, 6.45) is 3.91.